The normalized spacial score (nSPS) is 14.9. The predicted octanol–water partition coefficient (Wildman–Crippen LogP) is 4.47. The van der Waals surface area contributed by atoms with Gasteiger partial charge in [-0.15, -0.1) is 0 Å². The van der Waals surface area contributed by atoms with Crippen molar-refractivity contribution in [3.63, 3.8) is 0 Å². The van der Waals surface area contributed by atoms with E-state index in [2.05, 4.69) is 24.1 Å². The quantitative estimate of drug-likeness (QED) is 0.428. The Morgan fingerprint density at radius 1 is 1.08 bits per heavy atom. The molecule has 0 saturated heterocycles. The van der Waals surface area contributed by atoms with Gasteiger partial charge in [-0.1, -0.05) is 23.7 Å². The number of nitrogens with one attached hydrogen (secondary N) is 1. The van der Waals surface area contributed by atoms with Crippen LogP contribution in [0.5, 0.6) is 11.5 Å². The molecule has 0 spiro atoms. The molecular formula is C27H30ClN3O5S. The van der Waals surface area contributed by atoms with Gasteiger partial charge in [-0.3, -0.25) is 9.10 Å². The first-order valence-electron chi connectivity index (χ1n) is 12.0. The Kier molecular flexibility index (Phi) is 8.14. The van der Waals surface area contributed by atoms with Crippen molar-refractivity contribution >= 4 is 38.9 Å². The molecule has 1 atom stereocenters. The molecule has 0 aromatic heterocycles. The maximum atomic E-state index is 13.6. The van der Waals surface area contributed by atoms with E-state index in [1.807, 2.05) is 24.3 Å². The van der Waals surface area contributed by atoms with E-state index < -0.39 is 22.0 Å². The summed E-state index contributed by atoms with van der Waals surface area (Å²) in [7, 11) is -2.51. The highest BCUT2D eigenvalue weighted by Gasteiger charge is 2.37. The fourth-order valence-corrected chi connectivity index (χ4v) is 5.81. The summed E-state index contributed by atoms with van der Waals surface area (Å²) in [6, 6.07) is 18.7. The highest BCUT2D eigenvalue weighted by molar-refractivity contribution is 7.92. The molecule has 10 heteroatoms. The van der Waals surface area contributed by atoms with E-state index in [9.17, 15) is 13.2 Å². The molecule has 0 radical (unpaired) electrons. The molecule has 1 N–H and O–H groups in total. The summed E-state index contributed by atoms with van der Waals surface area (Å²) >= 11 is 6.17. The Morgan fingerprint density at radius 3 is 2.38 bits per heavy atom. The Labute approximate surface area is 222 Å². The van der Waals surface area contributed by atoms with Gasteiger partial charge >= 0.3 is 0 Å². The van der Waals surface area contributed by atoms with E-state index in [0.717, 1.165) is 24.3 Å². The number of rotatable bonds is 9. The van der Waals surface area contributed by atoms with E-state index in [4.69, 9.17) is 21.1 Å². The summed E-state index contributed by atoms with van der Waals surface area (Å²) in [4.78, 5) is 15.4. The van der Waals surface area contributed by atoms with Crippen LogP contribution >= 0.6 is 11.6 Å². The molecular weight excluding hydrogens is 514 g/mol. The lowest BCUT2D eigenvalue weighted by Gasteiger charge is -2.35. The van der Waals surface area contributed by atoms with Gasteiger partial charge in [-0.05, 0) is 74.0 Å². The minimum absolute atomic E-state index is 0.0635. The van der Waals surface area contributed by atoms with Crippen molar-refractivity contribution in [2.24, 2.45) is 0 Å². The lowest BCUT2D eigenvalue weighted by Crippen LogP contribution is -2.50. The van der Waals surface area contributed by atoms with Crippen LogP contribution in [0.15, 0.2) is 71.6 Å². The van der Waals surface area contributed by atoms with Crippen molar-refractivity contribution in [1.29, 1.82) is 0 Å². The number of anilines is 2. The second-order valence-corrected chi connectivity index (χ2v) is 10.8. The van der Waals surface area contributed by atoms with Crippen LogP contribution in [-0.4, -0.2) is 47.2 Å². The van der Waals surface area contributed by atoms with Crippen molar-refractivity contribution in [2.45, 2.75) is 31.4 Å². The first kappa shape index (κ1) is 26.6. The molecule has 3 aromatic carbocycles. The Hall–Kier alpha value is -3.43. The van der Waals surface area contributed by atoms with Crippen LogP contribution in [0.2, 0.25) is 5.02 Å². The zero-order valence-electron chi connectivity index (χ0n) is 21.0. The first-order chi connectivity index (χ1) is 17.8. The molecule has 1 aliphatic rings. The smallest absolute Gasteiger partial charge is 0.264 e. The van der Waals surface area contributed by atoms with Gasteiger partial charge < -0.3 is 19.7 Å². The number of sulfonamides is 1. The Balaban J connectivity index is 1.53. The van der Waals surface area contributed by atoms with E-state index in [0.29, 0.717) is 10.8 Å². The zero-order chi connectivity index (χ0) is 26.6. The van der Waals surface area contributed by atoms with Crippen LogP contribution in [0.25, 0.3) is 0 Å². The van der Waals surface area contributed by atoms with Crippen molar-refractivity contribution < 1.29 is 22.7 Å². The third kappa shape index (κ3) is 5.78. The Bertz CT molecular complexity index is 1340. The summed E-state index contributed by atoms with van der Waals surface area (Å²) in [5.74, 6) is 0.381. The number of benzene rings is 3. The summed E-state index contributed by atoms with van der Waals surface area (Å²) in [5.41, 5.74) is 2.32. The summed E-state index contributed by atoms with van der Waals surface area (Å²) in [6.45, 7) is 6.12. The van der Waals surface area contributed by atoms with Crippen LogP contribution < -0.4 is 24.0 Å². The highest BCUT2D eigenvalue weighted by Crippen LogP contribution is 2.39. The van der Waals surface area contributed by atoms with Crippen molar-refractivity contribution in [3.8, 4) is 11.5 Å². The van der Waals surface area contributed by atoms with Crippen LogP contribution in [0, 0.1) is 0 Å². The molecule has 3 aromatic rings. The third-order valence-electron chi connectivity index (χ3n) is 6.26. The zero-order valence-corrected chi connectivity index (χ0v) is 22.6. The second-order valence-electron chi connectivity index (χ2n) is 8.49. The molecule has 1 amide bonds. The Morgan fingerprint density at radius 2 is 1.76 bits per heavy atom. The number of nitrogens with zero attached hydrogens (tertiary/aromatic N) is 2. The van der Waals surface area contributed by atoms with Gasteiger partial charge in [0.25, 0.3) is 15.9 Å². The van der Waals surface area contributed by atoms with Crippen LogP contribution in [0.3, 0.4) is 0 Å². The molecule has 0 saturated carbocycles. The van der Waals surface area contributed by atoms with E-state index in [-0.39, 0.29) is 29.4 Å². The monoisotopic (exact) mass is 543 g/mol. The average Bonchev–Trinajstić information content (AvgIpc) is 2.92. The number of carbonyl (C=O) groups is 1. The molecule has 0 aliphatic carbocycles. The number of methoxy groups -OCH3 is 1. The van der Waals surface area contributed by atoms with Crippen molar-refractivity contribution in [2.75, 3.05) is 35.9 Å². The fraction of sp³-hybridized carbons (Fsp3) is 0.296. The first-order valence-corrected chi connectivity index (χ1v) is 13.8. The SMILES string of the molecule is CCN(CC)c1ccc(CNC(=O)C2CN(S(=O)(=O)c3ccc(OC)cc3)c3cc(Cl)ccc3O2)cc1. The molecule has 196 valence electrons. The van der Waals surface area contributed by atoms with Crippen LogP contribution in [0.4, 0.5) is 11.4 Å². The van der Waals surface area contributed by atoms with E-state index in [1.165, 1.54) is 29.6 Å². The highest BCUT2D eigenvalue weighted by atomic mass is 35.5. The van der Waals surface area contributed by atoms with Gasteiger partial charge in [0.15, 0.2) is 6.10 Å². The maximum Gasteiger partial charge on any atom is 0.264 e. The van der Waals surface area contributed by atoms with Gasteiger partial charge in [0.05, 0.1) is 24.2 Å². The number of hydrogen-bond donors (Lipinski definition) is 1. The molecule has 8 nitrogen and oxygen atoms in total. The summed E-state index contributed by atoms with van der Waals surface area (Å²) in [6.07, 6.45) is -1.04. The number of ether oxygens (including phenoxy) is 2. The topological polar surface area (TPSA) is 88.2 Å². The van der Waals surface area contributed by atoms with Gasteiger partial charge in [-0.25, -0.2) is 8.42 Å². The van der Waals surface area contributed by atoms with Gasteiger partial charge in [0.2, 0.25) is 0 Å². The van der Waals surface area contributed by atoms with Crippen LogP contribution in [-0.2, 0) is 21.4 Å². The van der Waals surface area contributed by atoms with Crippen molar-refractivity contribution in [3.05, 3.63) is 77.3 Å². The van der Waals surface area contributed by atoms with E-state index in [1.54, 1.807) is 24.3 Å². The predicted molar refractivity (Wildman–Crippen MR) is 145 cm³/mol. The number of amides is 1. The number of carbonyl (C=O) groups excluding carboxylic acids is 1. The van der Waals surface area contributed by atoms with Gasteiger partial charge in [0.1, 0.15) is 11.5 Å². The number of hydrogen-bond acceptors (Lipinski definition) is 6. The largest absolute Gasteiger partial charge is 0.497 e. The number of fused-ring (bicyclic) bond motifs is 1. The molecule has 1 unspecified atom stereocenters. The molecule has 0 fully saturated rings. The van der Waals surface area contributed by atoms with Crippen LogP contribution in [0.1, 0.15) is 19.4 Å². The lowest BCUT2D eigenvalue weighted by molar-refractivity contribution is -0.127. The average molecular weight is 544 g/mol. The summed E-state index contributed by atoms with van der Waals surface area (Å²) < 4.78 is 39.4. The molecule has 4 rings (SSSR count). The molecule has 1 heterocycles. The minimum atomic E-state index is -4.01. The maximum absolute atomic E-state index is 13.6. The second kappa shape index (κ2) is 11.3. The molecule has 37 heavy (non-hydrogen) atoms. The van der Waals surface area contributed by atoms with Crippen molar-refractivity contribution in [1.82, 2.24) is 5.32 Å². The summed E-state index contributed by atoms with van der Waals surface area (Å²) in [5, 5.41) is 3.23. The third-order valence-corrected chi connectivity index (χ3v) is 8.29. The van der Waals surface area contributed by atoms with E-state index >= 15 is 0 Å². The number of halogens is 1. The minimum Gasteiger partial charge on any atom is -0.497 e. The van der Waals surface area contributed by atoms with Gasteiger partial charge in [0, 0.05) is 30.3 Å². The molecule has 1 aliphatic heterocycles. The fourth-order valence-electron chi connectivity index (χ4n) is 4.18. The van der Waals surface area contributed by atoms with Gasteiger partial charge in [-0.2, -0.15) is 0 Å². The molecule has 0 bridgehead atoms. The lowest BCUT2D eigenvalue weighted by atomic mass is 10.1. The standard InChI is InChI=1S/C27H30ClN3O5S/c1-4-30(5-2)21-9-6-19(7-10-21)17-29-27(32)26-18-31(24-16-20(28)8-15-25(24)36-26)37(33,34)23-13-11-22(35-3)12-14-23/h6-16,26H,4-5,17-18H2,1-3H3,(H,29,32).